The predicted molar refractivity (Wildman–Crippen MR) is 76.3 cm³/mol. The minimum Gasteiger partial charge on any atom is -0.481 e. The molecule has 2 rings (SSSR count). The molecular formula is C16H23NO2. The van der Waals surface area contributed by atoms with E-state index in [0.29, 0.717) is 5.92 Å². The lowest BCUT2D eigenvalue weighted by Crippen LogP contribution is -2.30. The van der Waals surface area contributed by atoms with Crippen molar-refractivity contribution in [1.82, 2.24) is 4.90 Å². The molecular weight excluding hydrogens is 238 g/mol. The SMILES string of the molecule is CCN(CC)C(CC(=O)O)c1ccccc1C1CC1. The van der Waals surface area contributed by atoms with Crippen molar-refractivity contribution >= 4 is 5.97 Å². The number of carboxylic acid groups (broad SMARTS) is 1. The first-order valence-electron chi connectivity index (χ1n) is 7.22. The van der Waals surface area contributed by atoms with E-state index in [4.69, 9.17) is 0 Å². The van der Waals surface area contributed by atoms with Gasteiger partial charge < -0.3 is 5.11 Å². The van der Waals surface area contributed by atoms with Crippen LogP contribution in [0.15, 0.2) is 24.3 Å². The van der Waals surface area contributed by atoms with Crippen molar-refractivity contribution in [3.63, 3.8) is 0 Å². The van der Waals surface area contributed by atoms with Crippen LogP contribution in [0.5, 0.6) is 0 Å². The number of aliphatic carboxylic acids is 1. The van der Waals surface area contributed by atoms with Crippen molar-refractivity contribution < 1.29 is 9.90 Å². The first-order valence-corrected chi connectivity index (χ1v) is 7.22. The second-order valence-electron chi connectivity index (χ2n) is 5.24. The summed E-state index contributed by atoms with van der Waals surface area (Å²) >= 11 is 0. The van der Waals surface area contributed by atoms with Crippen LogP contribution in [0, 0.1) is 0 Å². The summed E-state index contributed by atoms with van der Waals surface area (Å²) in [5.74, 6) is -0.0643. The van der Waals surface area contributed by atoms with Crippen molar-refractivity contribution in [3.8, 4) is 0 Å². The van der Waals surface area contributed by atoms with E-state index in [9.17, 15) is 9.90 Å². The van der Waals surface area contributed by atoms with Gasteiger partial charge in [0.25, 0.3) is 0 Å². The van der Waals surface area contributed by atoms with Gasteiger partial charge in [0.15, 0.2) is 0 Å². The molecule has 0 radical (unpaired) electrons. The normalized spacial score (nSPS) is 16.6. The molecule has 0 aliphatic heterocycles. The molecule has 104 valence electrons. The molecule has 1 atom stereocenters. The highest BCUT2D eigenvalue weighted by Gasteiger charge is 2.30. The van der Waals surface area contributed by atoms with Crippen LogP contribution in [0.1, 0.15) is 56.2 Å². The molecule has 3 heteroatoms. The van der Waals surface area contributed by atoms with Crippen LogP contribution >= 0.6 is 0 Å². The van der Waals surface area contributed by atoms with Gasteiger partial charge >= 0.3 is 5.97 Å². The first kappa shape index (κ1) is 14.1. The zero-order chi connectivity index (χ0) is 13.8. The average Bonchev–Trinajstić information content (AvgIpc) is 3.23. The fraction of sp³-hybridized carbons (Fsp3) is 0.562. The van der Waals surface area contributed by atoms with Crippen LogP contribution in [0.3, 0.4) is 0 Å². The van der Waals surface area contributed by atoms with E-state index in [1.165, 1.54) is 24.0 Å². The summed E-state index contributed by atoms with van der Waals surface area (Å²) in [6, 6.07) is 8.38. The molecule has 0 spiro atoms. The van der Waals surface area contributed by atoms with Gasteiger partial charge in [-0.3, -0.25) is 9.69 Å². The third kappa shape index (κ3) is 3.35. The van der Waals surface area contributed by atoms with Crippen LogP contribution in [0.25, 0.3) is 0 Å². The van der Waals surface area contributed by atoms with Gasteiger partial charge in [-0.05, 0) is 43.0 Å². The Morgan fingerprint density at radius 2 is 1.95 bits per heavy atom. The molecule has 1 aromatic carbocycles. The van der Waals surface area contributed by atoms with E-state index in [-0.39, 0.29) is 12.5 Å². The molecule has 3 nitrogen and oxygen atoms in total. The van der Waals surface area contributed by atoms with E-state index in [2.05, 4.69) is 36.9 Å². The maximum Gasteiger partial charge on any atom is 0.305 e. The lowest BCUT2D eigenvalue weighted by atomic mass is 9.94. The monoisotopic (exact) mass is 261 g/mol. The molecule has 19 heavy (non-hydrogen) atoms. The van der Waals surface area contributed by atoms with Crippen molar-refractivity contribution in [2.75, 3.05) is 13.1 Å². The fourth-order valence-corrected chi connectivity index (χ4v) is 2.85. The van der Waals surface area contributed by atoms with Gasteiger partial charge in [-0.2, -0.15) is 0 Å². The van der Waals surface area contributed by atoms with Gasteiger partial charge in [-0.15, -0.1) is 0 Å². The smallest absolute Gasteiger partial charge is 0.305 e. The van der Waals surface area contributed by atoms with Crippen LogP contribution in [-0.2, 0) is 4.79 Å². The Balaban J connectivity index is 2.33. The molecule has 1 aromatic rings. The third-order valence-electron chi connectivity index (χ3n) is 3.99. The molecule has 1 aliphatic carbocycles. The Morgan fingerprint density at radius 3 is 2.47 bits per heavy atom. The van der Waals surface area contributed by atoms with Crippen molar-refractivity contribution in [2.24, 2.45) is 0 Å². The standard InChI is InChI=1S/C16H23NO2/c1-3-17(4-2)15(11-16(18)19)14-8-6-5-7-13(14)12-9-10-12/h5-8,12,15H,3-4,9-11H2,1-2H3,(H,18,19). The van der Waals surface area contributed by atoms with Gasteiger partial charge in [0.2, 0.25) is 0 Å². The Morgan fingerprint density at radius 1 is 1.32 bits per heavy atom. The highest BCUT2D eigenvalue weighted by Crippen LogP contribution is 2.44. The molecule has 1 saturated carbocycles. The van der Waals surface area contributed by atoms with E-state index >= 15 is 0 Å². The lowest BCUT2D eigenvalue weighted by molar-refractivity contribution is -0.138. The maximum absolute atomic E-state index is 11.2. The van der Waals surface area contributed by atoms with Crippen LogP contribution in [-0.4, -0.2) is 29.1 Å². The van der Waals surface area contributed by atoms with Gasteiger partial charge in [-0.1, -0.05) is 38.1 Å². The molecule has 1 aliphatic rings. The molecule has 0 heterocycles. The molecule has 1 fully saturated rings. The van der Waals surface area contributed by atoms with Gasteiger partial charge in [0.1, 0.15) is 0 Å². The van der Waals surface area contributed by atoms with Crippen molar-refractivity contribution in [1.29, 1.82) is 0 Å². The zero-order valence-corrected chi connectivity index (χ0v) is 11.8. The number of rotatable bonds is 7. The number of carbonyl (C=O) groups is 1. The van der Waals surface area contributed by atoms with E-state index in [1.807, 2.05) is 6.07 Å². The minimum absolute atomic E-state index is 0.00398. The molecule has 0 saturated heterocycles. The molecule has 0 amide bonds. The van der Waals surface area contributed by atoms with E-state index in [0.717, 1.165) is 13.1 Å². The number of hydrogen-bond donors (Lipinski definition) is 1. The summed E-state index contributed by atoms with van der Waals surface area (Å²) in [5.41, 5.74) is 2.58. The minimum atomic E-state index is -0.720. The first-order chi connectivity index (χ1) is 9.17. The maximum atomic E-state index is 11.2. The molecule has 0 bridgehead atoms. The molecule has 1 N–H and O–H groups in total. The summed E-state index contributed by atoms with van der Waals surface area (Å²) in [4.78, 5) is 13.4. The van der Waals surface area contributed by atoms with Crippen molar-refractivity contribution in [3.05, 3.63) is 35.4 Å². The lowest BCUT2D eigenvalue weighted by Gasteiger charge is -2.30. The second-order valence-corrected chi connectivity index (χ2v) is 5.24. The van der Waals surface area contributed by atoms with Crippen molar-refractivity contribution in [2.45, 2.75) is 45.1 Å². The largest absolute Gasteiger partial charge is 0.481 e. The van der Waals surface area contributed by atoms with Crippen LogP contribution < -0.4 is 0 Å². The Hall–Kier alpha value is -1.35. The summed E-state index contributed by atoms with van der Waals surface area (Å²) in [5, 5.41) is 9.20. The van der Waals surface area contributed by atoms with Gasteiger partial charge in [0.05, 0.1) is 6.42 Å². The van der Waals surface area contributed by atoms with Crippen LogP contribution in [0.2, 0.25) is 0 Å². The molecule has 0 aromatic heterocycles. The number of nitrogens with zero attached hydrogens (tertiary/aromatic N) is 1. The average molecular weight is 261 g/mol. The number of hydrogen-bond acceptors (Lipinski definition) is 2. The van der Waals surface area contributed by atoms with Crippen LogP contribution in [0.4, 0.5) is 0 Å². The highest BCUT2D eigenvalue weighted by molar-refractivity contribution is 5.68. The van der Waals surface area contributed by atoms with E-state index < -0.39 is 5.97 Å². The Labute approximate surface area is 115 Å². The summed E-state index contributed by atoms with van der Waals surface area (Å²) in [7, 11) is 0. The summed E-state index contributed by atoms with van der Waals surface area (Å²) in [6.45, 7) is 5.96. The van der Waals surface area contributed by atoms with Gasteiger partial charge in [0, 0.05) is 6.04 Å². The van der Waals surface area contributed by atoms with Gasteiger partial charge in [-0.25, -0.2) is 0 Å². The Bertz CT molecular complexity index is 436. The third-order valence-corrected chi connectivity index (χ3v) is 3.99. The predicted octanol–water partition coefficient (Wildman–Crippen LogP) is 3.42. The number of carboxylic acids is 1. The zero-order valence-electron chi connectivity index (χ0n) is 11.8. The fourth-order valence-electron chi connectivity index (χ4n) is 2.85. The summed E-state index contributed by atoms with van der Waals surface area (Å²) < 4.78 is 0. The second kappa shape index (κ2) is 6.20. The summed E-state index contributed by atoms with van der Waals surface area (Å²) in [6.07, 6.45) is 2.68. The number of benzene rings is 1. The van der Waals surface area contributed by atoms with E-state index in [1.54, 1.807) is 0 Å². The molecule has 1 unspecified atom stereocenters. The topological polar surface area (TPSA) is 40.5 Å². The highest BCUT2D eigenvalue weighted by atomic mass is 16.4. The quantitative estimate of drug-likeness (QED) is 0.817. The Kier molecular flexibility index (Phi) is 4.59.